The number of carbonyl (C=O) groups is 2. The molecule has 0 saturated carbocycles. The molecule has 1 fully saturated rings. The van der Waals surface area contributed by atoms with Gasteiger partial charge in [0.15, 0.2) is 0 Å². The molecule has 19 heavy (non-hydrogen) atoms. The Hall–Kier alpha value is -1.60. The van der Waals surface area contributed by atoms with E-state index >= 15 is 0 Å². The molecule has 1 saturated heterocycles. The summed E-state index contributed by atoms with van der Waals surface area (Å²) in [5.74, 6) is -0.942. The van der Waals surface area contributed by atoms with Crippen LogP contribution in [0.15, 0.2) is 12.7 Å². The van der Waals surface area contributed by atoms with Crippen molar-refractivity contribution in [2.75, 3.05) is 39.5 Å². The van der Waals surface area contributed by atoms with E-state index in [1.54, 1.807) is 6.08 Å². The first kappa shape index (κ1) is 15.5. The fourth-order valence-corrected chi connectivity index (χ4v) is 1.79. The van der Waals surface area contributed by atoms with E-state index in [2.05, 4.69) is 11.9 Å². The van der Waals surface area contributed by atoms with Gasteiger partial charge in [-0.3, -0.25) is 4.79 Å². The van der Waals surface area contributed by atoms with E-state index in [1.807, 2.05) is 0 Å². The third-order valence-electron chi connectivity index (χ3n) is 2.66. The molecule has 0 radical (unpaired) electrons. The summed E-state index contributed by atoms with van der Waals surface area (Å²) < 4.78 is 10.3. The maximum atomic E-state index is 11.9. The molecule has 7 nitrogen and oxygen atoms in total. The Morgan fingerprint density at radius 3 is 3.05 bits per heavy atom. The molecule has 2 N–H and O–H groups in total. The molecule has 108 valence electrons. The third-order valence-corrected chi connectivity index (χ3v) is 2.66. The highest BCUT2D eigenvalue weighted by molar-refractivity contribution is 5.76. The predicted octanol–water partition coefficient (Wildman–Crippen LogP) is 0.0741. The van der Waals surface area contributed by atoms with Crippen LogP contribution >= 0.6 is 0 Å². The zero-order valence-electron chi connectivity index (χ0n) is 10.8. The Morgan fingerprint density at radius 1 is 1.58 bits per heavy atom. The Bertz CT molecular complexity index is 321. The van der Waals surface area contributed by atoms with Gasteiger partial charge in [0.2, 0.25) is 0 Å². The number of carbonyl (C=O) groups excluding carboxylic acids is 1. The largest absolute Gasteiger partial charge is 0.481 e. The zero-order valence-corrected chi connectivity index (χ0v) is 10.8. The van der Waals surface area contributed by atoms with Gasteiger partial charge in [-0.1, -0.05) is 6.08 Å². The van der Waals surface area contributed by atoms with Crippen molar-refractivity contribution in [2.45, 2.75) is 12.5 Å². The van der Waals surface area contributed by atoms with Gasteiger partial charge in [-0.25, -0.2) is 4.79 Å². The minimum atomic E-state index is -0.942. The number of nitrogens with one attached hydrogen (secondary N) is 1. The van der Waals surface area contributed by atoms with E-state index in [9.17, 15) is 9.59 Å². The minimum Gasteiger partial charge on any atom is -0.481 e. The summed E-state index contributed by atoms with van der Waals surface area (Å²) in [4.78, 5) is 24.1. The predicted molar refractivity (Wildman–Crippen MR) is 68.0 cm³/mol. The molecule has 1 aliphatic heterocycles. The zero-order chi connectivity index (χ0) is 14.1. The van der Waals surface area contributed by atoms with Crippen LogP contribution in [0.1, 0.15) is 6.42 Å². The van der Waals surface area contributed by atoms with E-state index in [1.165, 1.54) is 4.90 Å². The van der Waals surface area contributed by atoms with E-state index in [-0.39, 0.29) is 19.1 Å². The molecule has 1 unspecified atom stereocenters. The summed E-state index contributed by atoms with van der Waals surface area (Å²) in [5.41, 5.74) is 0. The Morgan fingerprint density at radius 2 is 2.37 bits per heavy atom. The molecular formula is C12H20N2O5. The summed E-state index contributed by atoms with van der Waals surface area (Å²) in [7, 11) is 0. The van der Waals surface area contributed by atoms with Crippen molar-refractivity contribution in [1.82, 2.24) is 10.2 Å². The molecule has 1 heterocycles. The molecule has 1 atom stereocenters. The number of amides is 2. The van der Waals surface area contributed by atoms with Crippen molar-refractivity contribution in [2.24, 2.45) is 0 Å². The molecule has 0 spiro atoms. The average Bonchev–Trinajstić information content (AvgIpc) is 2.38. The fourth-order valence-electron chi connectivity index (χ4n) is 1.79. The van der Waals surface area contributed by atoms with Crippen LogP contribution in [0, 0.1) is 0 Å². The molecule has 0 aromatic carbocycles. The quantitative estimate of drug-likeness (QED) is 0.506. The molecule has 2 amide bonds. The van der Waals surface area contributed by atoms with Gasteiger partial charge < -0.3 is 24.8 Å². The second-order valence-corrected chi connectivity index (χ2v) is 4.12. The number of carboxylic acids is 1. The van der Waals surface area contributed by atoms with E-state index in [0.29, 0.717) is 32.9 Å². The van der Waals surface area contributed by atoms with Gasteiger partial charge >= 0.3 is 12.0 Å². The number of urea groups is 1. The SMILES string of the molecule is C=CCOCCNC(=O)N1CCOCC1CC(=O)O. The molecule has 0 aliphatic carbocycles. The fraction of sp³-hybridized carbons (Fsp3) is 0.667. The van der Waals surface area contributed by atoms with Crippen LogP contribution in [-0.2, 0) is 14.3 Å². The lowest BCUT2D eigenvalue weighted by Gasteiger charge is -2.34. The van der Waals surface area contributed by atoms with Crippen molar-refractivity contribution in [3.05, 3.63) is 12.7 Å². The van der Waals surface area contributed by atoms with Crippen LogP contribution < -0.4 is 5.32 Å². The highest BCUT2D eigenvalue weighted by Crippen LogP contribution is 2.10. The van der Waals surface area contributed by atoms with Gasteiger partial charge in [0.1, 0.15) is 0 Å². The molecule has 1 rings (SSSR count). The van der Waals surface area contributed by atoms with Gasteiger partial charge in [-0.15, -0.1) is 6.58 Å². The minimum absolute atomic E-state index is 0.111. The molecule has 1 aliphatic rings. The first-order valence-electron chi connectivity index (χ1n) is 6.17. The number of morpholine rings is 1. The molecule has 7 heteroatoms. The van der Waals surface area contributed by atoms with Crippen LogP contribution in [-0.4, -0.2) is 67.6 Å². The summed E-state index contributed by atoms with van der Waals surface area (Å²) in [6, 6.07) is -0.697. The van der Waals surface area contributed by atoms with Crippen molar-refractivity contribution >= 4 is 12.0 Å². The standard InChI is InChI=1S/C12H20N2O5/c1-2-5-18-6-3-13-12(17)14-4-7-19-9-10(14)8-11(15)16/h2,10H,1,3-9H2,(H,13,17)(H,15,16). The number of rotatable bonds is 7. The highest BCUT2D eigenvalue weighted by Gasteiger charge is 2.28. The molecule has 0 aromatic rings. The lowest BCUT2D eigenvalue weighted by atomic mass is 10.1. The van der Waals surface area contributed by atoms with Gasteiger partial charge in [-0.2, -0.15) is 0 Å². The van der Waals surface area contributed by atoms with Crippen LogP contribution in [0.4, 0.5) is 4.79 Å². The Kier molecular flexibility index (Phi) is 6.91. The van der Waals surface area contributed by atoms with Crippen molar-refractivity contribution in [3.63, 3.8) is 0 Å². The van der Waals surface area contributed by atoms with Crippen LogP contribution in [0.5, 0.6) is 0 Å². The molecule has 0 bridgehead atoms. The lowest BCUT2D eigenvalue weighted by Crippen LogP contribution is -2.53. The van der Waals surface area contributed by atoms with E-state index < -0.39 is 12.0 Å². The number of ether oxygens (including phenoxy) is 2. The number of hydrogen-bond acceptors (Lipinski definition) is 4. The summed E-state index contributed by atoms with van der Waals surface area (Å²) in [6.07, 6.45) is 1.52. The first-order valence-corrected chi connectivity index (χ1v) is 6.17. The summed E-state index contributed by atoms with van der Waals surface area (Å²) >= 11 is 0. The highest BCUT2D eigenvalue weighted by atomic mass is 16.5. The van der Waals surface area contributed by atoms with Gasteiger partial charge in [0.05, 0.1) is 38.9 Å². The van der Waals surface area contributed by atoms with E-state index in [4.69, 9.17) is 14.6 Å². The molecule has 0 aromatic heterocycles. The van der Waals surface area contributed by atoms with Gasteiger partial charge in [-0.05, 0) is 0 Å². The topological polar surface area (TPSA) is 88.1 Å². The lowest BCUT2D eigenvalue weighted by molar-refractivity contribution is -0.139. The van der Waals surface area contributed by atoms with Crippen LogP contribution in [0.2, 0.25) is 0 Å². The van der Waals surface area contributed by atoms with Crippen LogP contribution in [0.3, 0.4) is 0 Å². The maximum absolute atomic E-state index is 11.9. The number of aliphatic carboxylic acids is 1. The summed E-state index contributed by atoms with van der Waals surface area (Å²) in [6.45, 7) is 5.81. The van der Waals surface area contributed by atoms with Gasteiger partial charge in [0.25, 0.3) is 0 Å². The average molecular weight is 272 g/mol. The number of carboxylic acid groups (broad SMARTS) is 1. The second kappa shape index (κ2) is 8.49. The van der Waals surface area contributed by atoms with Gasteiger partial charge in [0, 0.05) is 13.1 Å². The van der Waals surface area contributed by atoms with Crippen molar-refractivity contribution < 1.29 is 24.2 Å². The maximum Gasteiger partial charge on any atom is 0.317 e. The Labute approximate surface area is 112 Å². The second-order valence-electron chi connectivity index (χ2n) is 4.12. The van der Waals surface area contributed by atoms with Crippen molar-refractivity contribution in [1.29, 1.82) is 0 Å². The number of hydrogen-bond donors (Lipinski definition) is 2. The first-order chi connectivity index (χ1) is 9.15. The Balaban J connectivity index is 2.34. The molecular weight excluding hydrogens is 252 g/mol. The van der Waals surface area contributed by atoms with Crippen LogP contribution in [0.25, 0.3) is 0 Å². The summed E-state index contributed by atoms with van der Waals surface area (Å²) in [5, 5.41) is 11.5. The third kappa shape index (κ3) is 5.71. The number of nitrogens with zero attached hydrogens (tertiary/aromatic N) is 1. The smallest absolute Gasteiger partial charge is 0.317 e. The van der Waals surface area contributed by atoms with E-state index in [0.717, 1.165) is 0 Å². The normalized spacial score (nSPS) is 18.9. The van der Waals surface area contributed by atoms with Crippen molar-refractivity contribution in [3.8, 4) is 0 Å². The monoisotopic (exact) mass is 272 g/mol.